The number of aliphatic hydroxyl groups is 1. The molecule has 0 spiro atoms. The maximum Gasteiger partial charge on any atom is 0.160 e. The lowest BCUT2D eigenvalue weighted by molar-refractivity contribution is -0.151. The van der Waals surface area contributed by atoms with Gasteiger partial charge in [-0.1, -0.05) is 6.07 Å². The molecule has 0 heterocycles. The largest absolute Gasteiger partial charge is 0.504 e. The summed E-state index contributed by atoms with van der Waals surface area (Å²) in [5.74, 6) is -3.65. The van der Waals surface area contributed by atoms with Crippen LogP contribution in [0, 0.1) is 11.8 Å². The zero-order valence-corrected chi connectivity index (χ0v) is 14.2. The van der Waals surface area contributed by atoms with Crippen LogP contribution < -0.4 is 4.74 Å². The predicted octanol–water partition coefficient (Wildman–Crippen LogP) is 1.62. The molecule has 1 aliphatic carbocycles. The lowest BCUT2D eigenvalue weighted by Crippen LogP contribution is -2.53. The summed E-state index contributed by atoms with van der Waals surface area (Å²) in [6.45, 7) is 4.10. The second-order valence-corrected chi connectivity index (χ2v) is 6.63. The number of carbonyl (C=O) groups is 3. The fraction of sp³-hybridized carbons (Fsp3) is 0.500. The molecule has 0 aliphatic heterocycles. The zero-order chi connectivity index (χ0) is 18.2. The number of ether oxygens (including phenoxy) is 1. The molecular formula is C18H22O6. The van der Waals surface area contributed by atoms with Crippen molar-refractivity contribution in [3.05, 3.63) is 23.8 Å². The van der Waals surface area contributed by atoms with Gasteiger partial charge in [-0.05, 0) is 38.5 Å². The van der Waals surface area contributed by atoms with E-state index in [1.165, 1.54) is 40.0 Å². The number of aromatic hydroxyl groups is 1. The Morgan fingerprint density at radius 2 is 1.88 bits per heavy atom. The van der Waals surface area contributed by atoms with Gasteiger partial charge in [-0.25, -0.2) is 0 Å². The van der Waals surface area contributed by atoms with Gasteiger partial charge in [0.05, 0.1) is 24.5 Å². The molecule has 4 atom stereocenters. The van der Waals surface area contributed by atoms with Crippen LogP contribution in [-0.2, 0) is 14.4 Å². The van der Waals surface area contributed by atoms with Gasteiger partial charge in [-0.15, -0.1) is 0 Å². The summed E-state index contributed by atoms with van der Waals surface area (Å²) in [5.41, 5.74) is -1.04. The van der Waals surface area contributed by atoms with Crippen molar-refractivity contribution in [3.8, 4) is 11.5 Å². The van der Waals surface area contributed by atoms with E-state index in [2.05, 4.69) is 0 Å². The van der Waals surface area contributed by atoms with Crippen molar-refractivity contribution in [2.45, 2.75) is 38.7 Å². The van der Waals surface area contributed by atoms with Gasteiger partial charge in [0.25, 0.3) is 0 Å². The molecule has 0 saturated heterocycles. The summed E-state index contributed by atoms with van der Waals surface area (Å²) in [6.07, 6.45) is -0.243. The van der Waals surface area contributed by atoms with Gasteiger partial charge >= 0.3 is 0 Å². The van der Waals surface area contributed by atoms with Crippen LogP contribution in [0.15, 0.2) is 18.2 Å². The average molecular weight is 334 g/mol. The summed E-state index contributed by atoms with van der Waals surface area (Å²) >= 11 is 0. The Balaban J connectivity index is 2.67. The maximum absolute atomic E-state index is 12.5. The van der Waals surface area contributed by atoms with Crippen molar-refractivity contribution in [1.29, 1.82) is 0 Å². The smallest absolute Gasteiger partial charge is 0.160 e. The molecule has 0 unspecified atom stereocenters. The number of hydrogen-bond acceptors (Lipinski definition) is 6. The molecule has 0 aromatic heterocycles. The van der Waals surface area contributed by atoms with Crippen molar-refractivity contribution >= 4 is 17.3 Å². The highest BCUT2D eigenvalue weighted by atomic mass is 16.5. The Labute approximate surface area is 140 Å². The normalized spacial score (nSPS) is 30.0. The first-order valence-electron chi connectivity index (χ1n) is 7.73. The van der Waals surface area contributed by atoms with E-state index in [0.29, 0.717) is 5.56 Å². The quantitative estimate of drug-likeness (QED) is 0.812. The highest BCUT2D eigenvalue weighted by Crippen LogP contribution is 2.47. The molecule has 1 aromatic rings. The molecule has 2 N–H and O–H groups in total. The van der Waals surface area contributed by atoms with Gasteiger partial charge in [-0.2, -0.15) is 0 Å². The third-order valence-electron chi connectivity index (χ3n) is 4.73. The van der Waals surface area contributed by atoms with Crippen LogP contribution in [0.4, 0.5) is 0 Å². The van der Waals surface area contributed by atoms with Gasteiger partial charge in [0, 0.05) is 12.3 Å². The SMILES string of the molecule is COc1cc([C@@H]2[C@H](C(C)=O)C(=O)C[C@@](C)(O)[C@@H]2C(C)=O)ccc1O. The van der Waals surface area contributed by atoms with Crippen molar-refractivity contribution in [3.63, 3.8) is 0 Å². The van der Waals surface area contributed by atoms with E-state index in [0.717, 1.165) is 0 Å². The number of carbonyl (C=O) groups excluding carboxylic acids is 3. The first-order valence-corrected chi connectivity index (χ1v) is 7.73. The first-order chi connectivity index (χ1) is 11.1. The van der Waals surface area contributed by atoms with Crippen molar-refractivity contribution in [1.82, 2.24) is 0 Å². The summed E-state index contributed by atoms with van der Waals surface area (Å²) in [6, 6.07) is 4.43. The minimum atomic E-state index is -1.54. The third kappa shape index (κ3) is 3.06. The first kappa shape index (κ1) is 18.1. The zero-order valence-electron chi connectivity index (χ0n) is 14.2. The van der Waals surface area contributed by atoms with E-state index >= 15 is 0 Å². The van der Waals surface area contributed by atoms with Gasteiger partial charge in [0.2, 0.25) is 0 Å². The molecule has 6 nitrogen and oxygen atoms in total. The number of hydrogen-bond donors (Lipinski definition) is 2. The molecule has 0 amide bonds. The molecule has 130 valence electrons. The van der Waals surface area contributed by atoms with Crippen LogP contribution in [0.3, 0.4) is 0 Å². The van der Waals surface area contributed by atoms with E-state index in [9.17, 15) is 24.6 Å². The van der Waals surface area contributed by atoms with E-state index in [1.54, 1.807) is 6.07 Å². The van der Waals surface area contributed by atoms with Gasteiger partial charge in [0.15, 0.2) is 11.5 Å². The second-order valence-electron chi connectivity index (χ2n) is 6.63. The van der Waals surface area contributed by atoms with Crippen LogP contribution in [0.1, 0.15) is 38.7 Å². The van der Waals surface area contributed by atoms with Crippen molar-refractivity contribution in [2.75, 3.05) is 7.11 Å². The summed E-state index contributed by atoms with van der Waals surface area (Å²) in [7, 11) is 1.38. The predicted molar refractivity (Wildman–Crippen MR) is 86.0 cm³/mol. The van der Waals surface area contributed by atoms with Crippen molar-refractivity contribution < 1.29 is 29.3 Å². The molecule has 0 radical (unpaired) electrons. The molecule has 2 rings (SSSR count). The van der Waals surface area contributed by atoms with E-state index < -0.39 is 23.4 Å². The fourth-order valence-corrected chi connectivity index (χ4v) is 3.81. The van der Waals surface area contributed by atoms with Gasteiger partial charge in [-0.3, -0.25) is 14.4 Å². The number of methoxy groups -OCH3 is 1. The number of phenolic OH excluding ortho intramolecular Hbond substituents is 1. The highest BCUT2D eigenvalue weighted by Gasteiger charge is 2.53. The van der Waals surface area contributed by atoms with Gasteiger partial charge in [0.1, 0.15) is 17.3 Å². The van der Waals surface area contributed by atoms with E-state index in [4.69, 9.17) is 4.74 Å². The van der Waals surface area contributed by atoms with Crippen LogP contribution in [-0.4, -0.2) is 40.3 Å². The van der Waals surface area contributed by atoms with Crippen molar-refractivity contribution in [2.24, 2.45) is 11.8 Å². The summed E-state index contributed by atoms with van der Waals surface area (Å²) < 4.78 is 5.08. The average Bonchev–Trinajstić information content (AvgIpc) is 2.44. The number of phenols is 1. The van der Waals surface area contributed by atoms with Gasteiger partial charge < -0.3 is 14.9 Å². The lowest BCUT2D eigenvalue weighted by atomic mass is 9.60. The Kier molecular flexibility index (Phi) is 4.80. The summed E-state index contributed by atoms with van der Waals surface area (Å²) in [4.78, 5) is 36.8. The van der Waals surface area contributed by atoms with Crippen LogP contribution in [0.25, 0.3) is 0 Å². The number of rotatable bonds is 4. The minimum absolute atomic E-state index is 0.0890. The Morgan fingerprint density at radius 1 is 1.25 bits per heavy atom. The van der Waals surface area contributed by atoms with Crippen LogP contribution in [0.2, 0.25) is 0 Å². The number of ketones is 3. The number of Topliss-reactive ketones (excluding diaryl/α,β-unsaturated/α-hetero) is 3. The monoisotopic (exact) mass is 334 g/mol. The molecule has 1 saturated carbocycles. The Bertz CT molecular complexity index is 691. The van der Waals surface area contributed by atoms with Crippen LogP contribution in [0.5, 0.6) is 11.5 Å². The molecule has 1 aliphatic rings. The fourth-order valence-electron chi connectivity index (χ4n) is 3.81. The maximum atomic E-state index is 12.5. The molecular weight excluding hydrogens is 312 g/mol. The molecule has 6 heteroatoms. The third-order valence-corrected chi connectivity index (χ3v) is 4.73. The Morgan fingerprint density at radius 3 is 2.38 bits per heavy atom. The Hall–Kier alpha value is -2.21. The molecule has 1 aromatic carbocycles. The number of benzene rings is 1. The summed E-state index contributed by atoms with van der Waals surface area (Å²) in [5, 5.41) is 20.4. The second kappa shape index (κ2) is 6.36. The van der Waals surface area contributed by atoms with E-state index in [1.807, 2.05) is 0 Å². The highest BCUT2D eigenvalue weighted by molar-refractivity contribution is 6.05. The topological polar surface area (TPSA) is 101 Å². The minimum Gasteiger partial charge on any atom is -0.504 e. The standard InChI is InChI=1S/C18H22O6/c1-9(19)15-13(22)8-18(3,23)17(10(2)20)16(15)11-5-6-12(21)14(7-11)24-4/h5-7,15-17,21,23H,8H2,1-4H3/t15-,16-,17-,18-/m1/s1. The van der Waals surface area contributed by atoms with Crippen LogP contribution >= 0.6 is 0 Å². The van der Waals surface area contributed by atoms with E-state index in [-0.39, 0.29) is 35.3 Å². The molecule has 1 fully saturated rings. The molecule has 0 bridgehead atoms. The molecule has 24 heavy (non-hydrogen) atoms. The lowest BCUT2D eigenvalue weighted by Gasteiger charge is -2.44.